The number of hydrogen-bond donors (Lipinski definition) is 1. The van der Waals surface area contributed by atoms with Crippen LogP contribution < -0.4 is 5.32 Å². The Morgan fingerprint density at radius 1 is 1.25 bits per heavy atom. The number of halogens is 4. The van der Waals surface area contributed by atoms with E-state index >= 15 is 0 Å². The van der Waals surface area contributed by atoms with E-state index in [0.29, 0.717) is 15.9 Å². The molecular weight excluding hydrogens is 408 g/mol. The zero-order valence-electron chi connectivity index (χ0n) is 10.8. The van der Waals surface area contributed by atoms with Gasteiger partial charge in [-0.25, -0.2) is 4.39 Å². The predicted molar refractivity (Wildman–Crippen MR) is 88.8 cm³/mol. The summed E-state index contributed by atoms with van der Waals surface area (Å²) in [6, 6.07) is 10.8. The Kier molecular flexibility index (Phi) is 5.61. The summed E-state index contributed by atoms with van der Waals surface area (Å²) in [6.45, 7) is 0. The third-order valence-corrected chi connectivity index (χ3v) is 4.95. The zero-order chi connectivity index (χ0) is 14.7. The first-order chi connectivity index (χ1) is 9.52. The Bertz CT molecular complexity index is 619. The van der Waals surface area contributed by atoms with Crippen LogP contribution in [0.4, 0.5) is 4.39 Å². The molecule has 0 aliphatic carbocycles. The van der Waals surface area contributed by atoms with E-state index in [1.807, 2.05) is 31.3 Å². The van der Waals surface area contributed by atoms with Gasteiger partial charge in [0.25, 0.3) is 0 Å². The largest absolute Gasteiger partial charge is 0.313 e. The molecule has 0 heterocycles. The molecule has 0 saturated carbocycles. The molecule has 1 atom stereocenters. The third kappa shape index (κ3) is 3.61. The molecule has 0 amide bonds. The van der Waals surface area contributed by atoms with Gasteiger partial charge in [-0.1, -0.05) is 45.7 Å². The van der Waals surface area contributed by atoms with Crippen LogP contribution in [0.5, 0.6) is 0 Å². The molecule has 0 saturated heterocycles. The number of likely N-dealkylation sites (N-methyl/N-ethyl adjacent to an activating group) is 1. The van der Waals surface area contributed by atoms with Crippen molar-refractivity contribution in [2.24, 2.45) is 0 Å². The maximum absolute atomic E-state index is 13.6. The van der Waals surface area contributed by atoms with Crippen LogP contribution in [0.1, 0.15) is 17.2 Å². The van der Waals surface area contributed by atoms with Crippen LogP contribution in [-0.4, -0.2) is 7.05 Å². The van der Waals surface area contributed by atoms with Crippen molar-refractivity contribution in [3.8, 4) is 0 Å². The van der Waals surface area contributed by atoms with Gasteiger partial charge in [-0.3, -0.25) is 0 Å². The fourth-order valence-corrected chi connectivity index (χ4v) is 3.46. The first-order valence-corrected chi connectivity index (χ1v) is 8.04. The van der Waals surface area contributed by atoms with Crippen LogP contribution in [0.3, 0.4) is 0 Å². The highest BCUT2D eigenvalue weighted by Crippen LogP contribution is 2.31. The molecule has 1 unspecified atom stereocenters. The fraction of sp³-hybridized carbons (Fsp3) is 0.200. The molecule has 2 rings (SSSR count). The van der Waals surface area contributed by atoms with Crippen LogP contribution in [0.25, 0.3) is 0 Å². The van der Waals surface area contributed by atoms with E-state index in [0.717, 1.165) is 15.6 Å². The minimum Gasteiger partial charge on any atom is -0.313 e. The molecule has 0 fully saturated rings. The van der Waals surface area contributed by atoms with E-state index in [9.17, 15) is 4.39 Å². The second-order valence-electron chi connectivity index (χ2n) is 4.42. The normalized spacial score (nSPS) is 12.4. The Morgan fingerprint density at radius 3 is 2.65 bits per heavy atom. The summed E-state index contributed by atoms with van der Waals surface area (Å²) >= 11 is 12.8. The van der Waals surface area contributed by atoms with Gasteiger partial charge in [0.05, 0.1) is 4.47 Å². The van der Waals surface area contributed by atoms with E-state index < -0.39 is 0 Å². The van der Waals surface area contributed by atoms with Gasteiger partial charge in [0.1, 0.15) is 5.82 Å². The quantitative estimate of drug-likeness (QED) is 0.687. The van der Waals surface area contributed by atoms with Crippen molar-refractivity contribution in [1.82, 2.24) is 5.32 Å². The van der Waals surface area contributed by atoms with Gasteiger partial charge in [-0.05, 0) is 58.7 Å². The summed E-state index contributed by atoms with van der Waals surface area (Å²) in [6.07, 6.45) is 0.676. The van der Waals surface area contributed by atoms with Crippen molar-refractivity contribution >= 4 is 43.5 Å². The third-order valence-electron chi connectivity index (χ3n) is 3.14. The lowest BCUT2D eigenvalue weighted by atomic mass is 9.99. The SMILES string of the molecule is CNC(Cc1cccc(F)c1Br)c1ccc(Cl)cc1Br. The summed E-state index contributed by atoms with van der Waals surface area (Å²) in [4.78, 5) is 0. The average Bonchev–Trinajstić information content (AvgIpc) is 2.41. The standard InChI is InChI=1S/C15H13Br2ClFN/c1-20-14(11-6-5-10(18)8-12(11)16)7-9-3-2-4-13(19)15(9)17/h2-6,8,14,20H,7H2,1H3. The van der Waals surface area contributed by atoms with Crippen LogP contribution in [-0.2, 0) is 6.42 Å². The molecule has 0 radical (unpaired) electrons. The lowest BCUT2D eigenvalue weighted by molar-refractivity contribution is 0.578. The summed E-state index contributed by atoms with van der Waals surface area (Å²) in [7, 11) is 1.89. The lowest BCUT2D eigenvalue weighted by Crippen LogP contribution is -2.19. The van der Waals surface area contributed by atoms with Gasteiger partial charge in [0.2, 0.25) is 0 Å². The molecular formula is C15H13Br2ClFN. The average molecular weight is 422 g/mol. The van der Waals surface area contributed by atoms with E-state index in [-0.39, 0.29) is 11.9 Å². The molecule has 0 spiro atoms. The minimum atomic E-state index is -0.243. The molecule has 0 bridgehead atoms. The maximum Gasteiger partial charge on any atom is 0.137 e. The molecule has 1 N–H and O–H groups in total. The monoisotopic (exact) mass is 419 g/mol. The predicted octanol–water partition coefficient (Wildman–Crippen LogP) is 5.51. The highest BCUT2D eigenvalue weighted by atomic mass is 79.9. The van der Waals surface area contributed by atoms with Gasteiger partial charge in [-0.15, -0.1) is 0 Å². The van der Waals surface area contributed by atoms with Gasteiger partial charge in [-0.2, -0.15) is 0 Å². The fourth-order valence-electron chi connectivity index (χ4n) is 2.08. The van der Waals surface area contributed by atoms with E-state index in [1.165, 1.54) is 6.07 Å². The van der Waals surface area contributed by atoms with Crippen molar-refractivity contribution < 1.29 is 4.39 Å². The Balaban J connectivity index is 2.31. The Morgan fingerprint density at radius 2 is 2.00 bits per heavy atom. The summed E-state index contributed by atoms with van der Waals surface area (Å²) < 4.78 is 15.0. The molecule has 0 aliphatic heterocycles. The first-order valence-electron chi connectivity index (χ1n) is 6.08. The van der Waals surface area contributed by atoms with E-state index in [4.69, 9.17) is 11.6 Å². The van der Waals surface area contributed by atoms with Crippen molar-refractivity contribution in [2.75, 3.05) is 7.05 Å². The molecule has 2 aromatic rings. The smallest absolute Gasteiger partial charge is 0.137 e. The topological polar surface area (TPSA) is 12.0 Å². The molecule has 2 aromatic carbocycles. The molecule has 0 aliphatic rings. The number of benzene rings is 2. The van der Waals surface area contributed by atoms with Crippen LogP contribution >= 0.6 is 43.5 Å². The Labute approximate surface area is 139 Å². The van der Waals surface area contributed by atoms with Gasteiger partial charge in [0, 0.05) is 15.5 Å². The van der Waals surface area contributed by atoms with Crippen molar-refractivity contribution in [1.29, 1.82) is 0 Å². The highest BCUT2D eigenvalue weighted by molar-refractivity contribution is 9.10. The van der Waals surface area contributed by atoms with Crippen molar-refractivity contribution in [3.05, 3.63) is 67.3 Å². The van der Waals surface area contributed by atoms with Gasteiger partial charge >= 0.3 is 0 Å². The van der Waals surface area contributed by atoms with Crippen LogP contribution in [0, 0.1) is 5.82 Å². The summed E-state index contributed by atoms with van der Waals surface area (Å²) in [5.41, 5.74) is 2.01. The second-order valence-corrected chi connectivity index (χ2v) is 6.51. The number of nitrogens with one attached hydrogen (secondary N) is 1. The van der Waals surface area contributed by atoms with Crippen LogP contribution in [0.2, 0.25) is 5.02 Å². The lowest BCUT2D eigenvalue weighted by Gasteiger charge is -2.19. The minimum absolute atomic E-state index is 0.0692. The number of rotatable bonds is 4. The van der Waals surface area contributed by atoms with E-state index in [1.54, 1.807) is 6.07 Å². The Hall–Kier alpha value is -0.420. The molecule has 0 aromatic heterocycles. The van der Waals surface area contributed by atoms with Crippen LogP contribution in [0.15, 0.2) is 45.3 Å². The number of hydrogen-bond acceptors (Lipinski definition) is 1. The van der Waals surface area contributed by atoms with E-state index in [2.05, 4.69) is 37.2 Å². The van der Waals surface area contributed by atoms with Crippen molar-refractivity contribution in [2.45, 2.75) is 12.5 Å². The van der Waals surface area contributed by atoms with Crippen molar-refractivity contribution in [3.63, 3.8) is 0 Å². The molecule has 106 valence electrons. The first kappa shape index (κ1) is 16.0. The molecule has 5 heteroatoms. The zero-order valence-corrected chi connectivity index (χ0v) is 14.7. The van der Waals surface area contributed by atoms with Gasteiger partial charge in [0.15, 0.2) is 0 Å². The van der Waals surface area contributed by atoms with Gasteiger partial charge < -0.3 is 5.32 Å². The summed E-state index contributed by atoms with van der Waals surface area (Å²) in [5, 5.41) is 3.94. The maximum atomic E-state index is 13.6. The molecule has 1 nitrogen and oxygen atoms in total. The second kappa shape index (κ2) is 7.03. The highest BCUT2D eigenvalue weighted by Gasteiger charge is 2.16. The molecule has 20 heavy (non-hydrogen) atoms. The summed E-state index contributed by atoms with van der Waals surface area (Å²) in [5.74, 6) is -0.243.